The lowest BCUT2D eigenvalue weighted by atomic mass is 9.95. The largest absolute Gasteiger partial charge is 0.507 e. The van der Waals surface area contributed by atoms with Crippen LogP contribution in [0.5, 0.6) is 17.2 Å². The van der Waals surface area contributed by atoms with Gasteiger partial charge in [-0.15, -0.1) is 0 Å². The van der Waals surface area contributed by atoms with Crippen molar-refractivity contribution in [1.29, 1.82) is 0 Å². The van der Waals surface area contributed by atoms with E-state index in [0.717, 1.165) is 43.2 Å². The lowest BCUT2D eigenvalue weighted by Crippen LogP contribution is -2.30. The van der Waals surface area contributed by atoms with E-state index in [0.29, 0.717) is 46.6 Å². The van der Waals surface area contributed by atoms with Gasteiger partial charge in [0.05, 0.1) is 19.8 Å². The van der Waals surface area contributed by atoms with Crippen molar-refractivity contribution in [2.24, 2.45) is 0 Å². The van der Waals surface area contributed by atoms with Gasteiger partial charge in [-0.05, 0) is 48.7 Å². The normalized spacial score (nSPS) is 14.8. The van der Waals surface area contributed by atoms with E-state index in [9.17, 15) is 9.90 Å². The number of hydrogen-bond donors (Lipinski definition) is 2. The summed E-state index contributed by atoms with van der Waals surface area (Å²) in [5, 5.41) is 18.5. The van der Waals surface area contributed by atoms with Crippen LogP contribution in [0.1, 0.15) is 86.5 Å². The van der Waals surface area contributed by atoms with E-state index in [-0.39, 0.29) is 17.7 Å². The second-order valence-corrected chi connectivity index (χ2v) is 9.89. The number of phenols is 1. The van der Waals surface area contributed by atoms with E-state index in [1.165, 1.54) is 12.8 Å². The molecule has 198 valence electrons. The van der Waals surface area contributed by atoms with Gasteiger partial charge in [-0.1, -0.05) is 63.6 Å². The second-order valence-electron chi connectivity index (χ2n) is 9.45. The molecule has 0 fully saturated rings. The van der Waals surface area contributed by atoms with Crippen LogP contribution in [0.15, 0.2) is 36.4 Å². The highest BCUT2D eigenvalue weighted by Crippen LogP contribution is 2.46. The number of carbonyl (C=O) groups excluding carboxylic acids is 1. The fraction of sp³-hybridized carbons (Fsp3) is 0.448. The number of rotatable bonds is 13. The average Bonchev–Trinajstić information content (AvgIpc) is 3.44. The van der Waals surface area contributed by atoms with Crippen molar-refractivity contribution in [1.82, 2.24) is 15.1 Å². The molecule has 1 unspecified atom stereocenters. The Kier molecular flexibility index (Phi) is 8.98. The molecule has 0 saturated carbocycles. The number of fused-ring (bicyclic) bond motifs is 1. The summed E-state index contributed by atoms with van der Waals surface area (Å²) in [5.74, 6) is 1.26. The molecule has 1 atom stereocenters. The summed E-state index contributed by atoms with van der Waals surface area (Å²) in [6.07, 6.45) is 7.48. The number of ether oxygens (including phenoxy) is 2. The molecule has 1 aliphatic rings. The summed E-state index contributed by atoms with van der Waals surface area (Å²) in [4.78, 5) is 15.4. The number of H-pyrrole nitrogens is 1. The highest BCUT2D eigenvalue weighted by Gasteiger charge is 2.42. The topological polar surface area (TPSA) is 87.7 Å². The molecule has 37 heavy (non-hydrogen) atoms. The van der Waals surface area contributed by atoms with Crippen molar-refractivity contribution in [2.45, 2.75) is 64.8 Å². The van der Waals surface area contributed by atoms with Gasteiger partial charge in [-0.3, -0.25) is 9.89 Å². The van der Waals surface area contributed by atoms with Gasteiger partial charge >= 0.3 is 0 Å². The van der Waals surface area contributed by atoms with Gasteiger partial charge in [0.1, 0.15) is 17.1 Å². The lowest BCUT2D eigenvalue weighted by Gasteiger charge is -2.27. The number of aromatic amines is 1. The van der Waals surface area contributed by atoms with Crippen molar-refractivity contribution in [3.8, 4) is 28.5 Å². The molecule has 2 heterocycles. The monoisotopic (exact) mass is 525 g/mol. The molecule has 3 aromatic rings. The number of phenolic OH excluding ortho intramolecular Hbond substituents is 1. The molecule has 2 N–H and O–H groups in total. The van der Waals surface area contributed by atoms with E-state index >= 15 is 0 Å². The number of hydrogen-bond acceptors (Lipinski definition) is 5. The van der Waals surface area contributed by atoms with Crippen molar-refractivity contribution in [3.05, 3.63) is 58.2 Å². The zero-order chi connectivity index (χ0) is 26.4. The second kappa shape index (κ2) is 12.4. The third kappa shape index (κ3) is 5.72. The van der Waals surface area contributed by atoms with E-state index in [2.05, 4.69) is 24.0 Å². The molecule has 1 aromatic heterocycles. The molecule has 7 nitrogen and oxygen atoms in total. The maximum Gasteiger partial charge on any atom is 0.273 e. The van der Waals surface area contributed by atoms with Crippen LogP contribution in [0, 0.1) is 0 Å². The van der Waals surface area contributed by atoms with Crippen LogP contribution in [0.4, 0.5) is 0 Å². The molecule has 0 aliphatic carbocycles. The number of benzene rings is 2. The highest BCUT2D eigenvalue weighted by molar-refractivity contribution is 6.31. The molecule has 0 radical (unpaired) electrons. The number of carbonyl (C=O) groups is 1. The minimum atomic E-state index is -0.390. The van der Waals surface area contributed by atoms with Gasteiger partial charge in [0, 0.05) is 22.7 Å². The van der Waals surface area contributed by atoms with Gasteiger partial charge in [-0.25, -0.2) is 0 Å². The van der Waals surface area contributed by atoms with Crippen LogP contribution < -0.4 is 9.47 Å². The molecule has 8 heteroatoms. The average molecular weight is 526 g/mol. The Hall–Kier alpha value is -3.19. The molecular formula is C29H36ClN3O4. The van der Waals surface area contributed by atoms with Crippen LogP contribution in [-0.2, 0) is 0 Å². The minimum Gasteiger partial charge on any atom is -0.507 e. The van der Waals surface area contributed by atoms with E-state index in [1.54, 1.807) is 25.3 Å². The number of amides is 1. The molecule has 4 rings (SSSR count). The standard InChI is InChI=1S/C29H36ClN3O4/c1-4-6-8-10-16-37-23-14-11-19(17-24(23)36-3)28-25-26(21-18-20(30)12-13-22(21)34)31-32-27(25)29(35)33(28)15-9-7-5-2/h11-14,17-18,28,34H,4-10,15-16H2,1-3H3,(H,31,32). The molecular weight excluding hydrogens is 490 g/mol. The first-order valence-electron chi connectivity index (χ1n) is 13.2. The summed E-state index contributed by atoms with van der Waals surface area (Å²) in [6, 6.07) is 10.3. The third-order valence-electron chi connectivity index (χ3n) is 6.84. The van der Waals surface area contributed by atoms with Gasteiger partial charge in [0.15, 0.2) is 11.5 Å². The Balaban J connectivity index is 1.73. The van der Waals surface area contributed by atoms with Crippen LogP contribution in [-0.4, -0.2) is 46.4 Å². The van der Waals surface area contributed by atoms with Gasteiger partial charge in [0.2, 0.25) is 0 Å². The molecule has 1 amide bonds. The summed E-state index contributed by atoms with van der Waals surface area (Å²) in [7, 11) is 1.63. The van der Waals surface area contributed by atoms with Crippen molar-refractivity contribution >= 4 is 17.5 Å². The number of nitrogens with zero attached hydrogens (tertiary/aromatic N) is 2. The van der Waals surface area contributed by atoms with Crippen LogP contribution in [0.2, 0.25) is 5.02 Å². The van der Waals surface area contributed by atoms with Crippen molar-refractivity contribution in [2.75, 3.05) is 20.3 Å². The quantitative estimate of drug-likeness (QED) is 0.231. The summed E-state index contributed by atoms with van der Waals surface area (Å²) >= 11 is 6.25. The molecule has 0 bridgehead atoms. The Morgan fingerprint density at radius 1 is 1.03 bits per heavy atom. The third-order valence-corrected chi connectivity index (χ3v) is 7.07. The van der Waals surface area contributed by atoms with Gasteiger partial charge < -0.3 is 19.5 Å². The number of methoxy groups -OCH3 is 1. The van der Waals surface area contributed by atoms with Gasteiger partial charge in [0.25, 0.3) is 5.91 Å². The first-order chi connectivity index (χ1) is 18.0. The maximum atomic E-state index is 13.5. The van der Waals surface area contributed by atoms with Crippen molar-refractivity contribution in [3.63, 3.8) is 0 Å². The Labute approximate surface area is 223 Å². The molecule has 0 spiro atoms. The number of halogens is 1. The Morgan fingerprint density at radius 3 is 2.57 bits per heavy atom. The predicted molar refractivity (Wildman–Crippen MR) is 146 cm³/mol. The first-order valence-corrected chi connectivity index (χ1v) is 13.6. The van der Waals surface area contributed by atoms with Crippen LogP contribution in [0.25, 0.3) is 11.3 Å². The smallest absolute Gasteiger partial charge is 0.273 e. The fourth-order valence-electron chi connectivity index (χ4n) is 4.89. The summed E-state index contributed by atoms with van der Waals surface area (Å²) in [5.41, 5.74) is 3.06. The first kappa shape index (κ1) is 26.9. The van der Waals surface area contributed by atoms with Crippen LogP contribution in [0.3, 0.4) is 0 Å². The number of aromatic hydroxyl groups is 1. The minimum absolute atomic E-state index is 0.0544. The number of nitrogens with one attached hydrogen (secondary N) is 1. The van der Waals surface area contributed by atoms with E-state index in [1.807, 2.05) is 23.1 Å². The molecule has 0 saturated heterocycles. The summed E-state index contributed by atoms with van der Waals surface area (Å²) < 4.78 is 11.7. The van der Waals surface area contributed by atoms with E-state index in [4.69, 9.17) is 21.1 Å². The fourth-order valence-corrected chi connectivity index (χ4v) is 5.07. The number of aromatic nitrogens is 2. The predicted octanol–water partition coefficient (Wildman–Crippen LogP) is 7.14. The SMILES string of the molecule is CCCCCCOc1ccc(C2c3c(-c4cc(Cl)ccc4O)n[nH]c3C(=O)N2CCCCC)cc1OC. The molecule has 2 aromatic carbocycles. The zero-order valence-electron chi connectivity index (χ0n) is 21.8. The molecule has 1 aliphatic heterocycles. The lowest BCUT2D eigenvalue weighted by molar-refractivity contribution is 0.0740. The Bertz CT molecular complexity index is 1230. The maximum absolute atomic E-state index is 13.5. The highest BCUT2D eigenvalue weighted by atomic mass is 35.5. The van der Waals surface area contributed by atoms with Crippen molar-refractivity contribution < 1.29 is 19.4 Å². The van der Waals surface area contributed by atoms with Gasteiger partial charge in [-0.2, -0.15) is 5.10 Å². The zero-order valence-corrected chi connectivity index (χ0v) is 22.6. The van der Waals surface area contributed by atoms with E-state index < -0.39 is 0 Å². The number of unbranched alkanes of at least 4 members (excludes halogenated alkanes) is 5. The Morgan fingerprint density at radius 2 is 1.81 bits per heavy atom. The summed E-state index contributed by atoms with van der Waals surface area (Å²) in [6.45, 7) is 5.57. The van der Waals surface area contributed by atoms with Crippen LogP contribution >= 0.6 is 11.6 Å².